The third-order valence-corrected chi connectivity index (χ3v) is 5.64. The maximum absolute atomic E-state index is 13.1. The van der Waals surface area contributed by atoms with Crippen molar-refractivity contribution in [2.24, 2.45) is 0 Å². The first-order valence-corrected chi connectivity index (χ1v) is 10.3. The molecule has 1 aliphatic rings. The average Bonchev–Trinajstić information content (AvgIpc) is 3.00. The van der Waals surface area contributed by atoms with E-state index in [-0.39, 0.29) is 17.7 Å². The number of aromatic nitrogens is 1. The Morgan fingerprint density at radius 3 is 2.30 bits per heavy atom. The lowest BCUT2D eigenvalue weighted by atomic mass is 9.91. The topological polar surface area (TPSA) is 53.4 Å². The number of rotatable bonds is 5. The molecule has 0 saturated heterocycles. The van der Waals surface area contributed by atoms with Gasteiger partial charge in [0.25, 0.3) is 5.91 Å². The molecule has 1 atom stereocenters. The van der Waals surface area contributed by atoms with Crippen LogP contribution in [0.5, 0.6) is 0 Å². The van der Waals surface area contributed by atoms with Gasteiger partial charge in [-0.15, -0.1) is 0 Å². The predicted octanol–water partition coefficient (Wildman–Crippen LogP) is 5.57. The summed E-state index contributed by atoms with van der Waals surface area (Å²) < 4.78 is 0. The summed E-state index contributed by atoms with van der Waals surface area (Å²) in [5.74, 6) is -0.128. The Morgan fingerprint density at radius 2 is 1.70 bits per heavy atom. The minimum absolute atomic E-state index is 0.187. The van der Waals surface area contributed by atoms with Gasteiger partial charge in [-0.25, -0.2) is 0 Å². The van der Waals surface area contributed by atoms with Crippen LogP contribution in [0.1, 0.15) is 53.8 Å². The van der Waals surface area contributed by atoms with E-state index < -0.39 is 0 Å². The van der Waals surface area contributed by atoms with Gasteiger partial charge < -0.3 is 10.0 Å². The maximum atomic E-state index is 13.1. The molecule has 0 saturated carbocycles. The number of benzene rings is 2. The number of hydrogen-bond acceptors (Lipinski definition) is 3. The van der Waals surface area contributed by atoms with Crippen LogP contribution in [-0.4, -0.2) is 20.9 Å². The molecule has 3 aromatic rings. The molecule has 1 N–H and O–H groups in total. The zero-order valence-electron chi connectivity index (χ0n) is 17.5. The number of hydrogen-bond donors (Lipinski definition) is 1. The van der Waals surface area contributed by atoms with Gasteiger partial charge in [0.05, 0.1) is 18.3 Å². The smallest absolute Gasteiger partial charge is 0.290 e. The second-order valence-electron chi connectivity index (χ2n) is 8.11. The molecule has 4 nitrogen and oxygen atoms in total. The van der Waals surface area contributed by atoms with Crippen LogP contribution in [0.15, 0.2) is 78.7 Å². The van der Waals surface area contributed by atoms with Crippen LogP contribution in [0.2, 0.25) is 0 Å². The zero-order chi connectivity index (χ0) is 21.3. The summed E-state index contributed by atoms with van der Waals surface area (Å²) in [6.07, 6.45) is 1.72. The van der Waals surface area contributed by atoms with E-state index in [0.717, 1.165) is 22.4 Å². The number of pyridine rings is 1. The molecule has 2 heterocycles. The van der Waals surface area contributed by atoms with Crippen LogP contribution in [0.4, 0.5) is 0 Å². The van der Waals surface area contributed by atoms with E-state index in [2.05, 4.69) is 43.1 Å². The van der Waals surface area contributed by atoms with E-state index in [9.17, 15) is 9.90 Å². The third-order valence-electron chi connectivity index (χ3n) is 5.64. The predicted molar refractivity (Wildman–Crippen MR) is 119 cm³/mol. The lowest BCUT2D eigenvalue weighted by molar-refractivity contribution is -0.130. The van der Waals surface area contributed by atoms with Crippen LogP contribution in [-0.2, 0) is 11.3 Å². The first-order chi connectivity index (χ1) is 14.5. The fourth-order valence-electron chi connectivity index (χ4n) is 3.92. The van der Waals surface area contributed by atoms with Crippen molar-refractivity contribution in [3.63, 3.8) is 0 Å². The summed E-state index contributed by atoms with van der Waals surface area (Å²) in [6.45, 7) is 6.67. The summed E-state index contributed by atoms with van der Waals surface area (Å²) in [7, 11) is 0. The average molecular weight is 399 g/mol. The number of carbonyl (C=O) groups is 1. The molecule has 0 aliphatic carbocycles. The third kappa shape index (κ3) is 3.73. The molecule has 4 heteroatoms. The monoisotopic (exact) mass is 398 g/mol. The molecule has 0 radical (unpaired) electrons. The Balaban J connectivity index is 1.80. The van der Waals surface area contributed by atoms with E-state index in [1.807, 2.05) is 49.4 Å². The van der Waals surface area contributed by atoms with Crippen LogP contribution in [0.25, 0.3) is 5.57 Å². The van der Waals surface area contributed by atoms with E-state index in [0.29, 0.717) is 18.0 Å². The SMILES string of the molecule is Cc1ccc(C2=C(O)C(=O)N(Cc3ccccn3)C2c2ccc(C(C)C)cc2)cc1. The van der Waals surface area contributed by atoms with Gasteiger partial charge in [0.15, 0.2) is 5.76 Å². The molecule has 1 aromatic heterocycles. The van der Waals surface area contributed by atoms with E-state index in [1.54, 1.807) is 11.1 Å². The standard InChI is InChI=1S/C26H26N2O2/c1-17(2)19-11-13-21(14-12-19)24-23(20-9-7-18(3)8-10-20)25(29)26(30)28(24)16-22-6-4-5-15-27-22/h4-15,17,24,29H,16H2,1-3H3. The summed E-state index contributed by atoms with van der Waals surface area (Å²) in [5.41, 5.74) is 5.63. The Morgan fingerprint density at radius 1 is 1.00 bits per heavy atom. The molecular weight excluding hydrogens is 372 g/mol. The van der Waals surface area contributed by atoms with Gasteiger partial charge in [-0.2, -0.15) is 0 Å². The number of carbonyl (C=O) groups excluding carboxylic acids is 1. The summed E-state index contributed by atoms with van der Waals surface area (Å²) in [4.78, 5) is 19.2. The fraction of sp³-hybridized carbons (Fsp3) is 0.231. The molecule has 0 spiro atoms. The van der Waals surface area contributed by atoms with Gasteiger partial charge in [-0.3, -0.25) is 9.78 Å². The van der Waals surface area contributed by atoms with Crippen molar-refractivity contribution in [2.75, 3.05) is 0 Å². The van der Waals surface area contributed by atoms with Crippen LogP contribution < -0.4 is 0 Å². The highest BCUT2D eigenvalue weighted by Crippen LogP contribution is 2.43. The van der Waals surface area contributed by atoms with E-state index in [4.69, 9.17) is 0 Å². The van der Waals surface area contributed by atoms with Gasteiger partial charge >= 0.3 is 0 Å². The van der Waals surface area contributed by atoms with Crippen molar-refractivity contribution in [3.05, 3.63) is 107 Å². The van der Waals surface area contributed by atoms with Gasteiger partial charge in [-0.1, -0.05) is 74.0 Å². The molecule has 0 bridgehead atoms. The van der Waals surface area contributed by atoms with Crippen LogP contribution in [0, 0.1) is 6.92 Å². The molecule has 152 valence electrons. The van der Waals surface area contributed by atoms with Crippen LogP contribution >= 0.6 is 0 Å². The first kappa shape index (κ1) is 19.9. The van der Waals surface area contributed by atoms with Gasteiger partial charge in [0, 0.05) is 11.8 Å². The van der Waals surface area contributed by atoms with Crippen molar-refractivity contribution >= 4 is 11.5 Å². The molecule has 2 aromatic carbocycles. The number of amides is 1. The van der Waals surface area contributed by atoms with Gasteiger partial charge in [0.1, 0.15) is 0 Å². The largest absolute Gasteiger partial charge is 0.503 e. The summed E-state index contributed by atoms with van der Waals surface area (Å²) in [5, 5.41) is 10.9. The van der Waals surface area contributed by atoms with E-state index >= 15 is 0 Å². The molecule has 4 rings (SSSR count). The molecule has 1 amide bonds. The van der Waals surface area contributed by atoms with Crippen molar-refractivity contribution in [2.45, 2.75) is 39.3 Å². The summed E-state index contributed by atoms with van der Waals surface area (Å²) >= 11 is 0. The Kier molecular flexibility index (Phi) is 5.40. The summed E-state index contributed by atoms with van der Waals surface area (Å²) in [6, 6.07) is 21.5. The van der Waals surface area contributed by atoms with Crippen molar-refractivity contribution < 1.29 is 9.90 Å². The maximum Gasteiger partial charge on any atom is 0.290 e. The van der Waals surface area contributed by atoms with Crippen molar-refractivity contribution in [1.29, 1.82) is 0 Å². The van der Waals surface area contributed by atoms with Gasteiger partial charge in [0.2, 0.25) is 0 Å². The van der Waals surface area contributed by atoms with Crippen molar-refractivity contribution in [3.8, 4) is 0 Å². The Bertz CT molecular complexity index is 1070. The zero-order valence-corrected chi connectivity index (χ0v) is 17.5. The quantitative estimate of drug-likeness (QED) is 0.612. The first-order valence-electron chi connectivity index (χ1n) is 10.3. The molecule has 30 heavy (non-hydrogen) atoms. The number of aryl methyl sites for hydroxylation is 1. The number of aliphatic hydroxyl groups is 1. The Labute approximate surface area is 177 Å². The second kappa shape index (κ2) is 8.15. The van der Waals surface area contributed by atoms with Crippen molar-refractivity contribution in [1.82, 2.24) is 9.88 Å². The highest BCUT2D eigenvalue weighted by atomic mass is 16.3. The minimum atomic E-state index is -0.372. The Hall–Kier alpha value is -3.40. The normalized spacial score (nSPS) is 16.6. The molecule has 1 aliphatic heterocycles. The van der Waals surface area contributed by atoms with E-state index in [1.165, 1.54) is 5.56 Å². The minimum Gasteiger partial charge on any atom is -0.503 e. The fourth-order valence-corrected chi connectivity index (χ4v) is 3.92. The molecule has 0 fully saturated rings. The molecule has 1 unspecified atom stereocenters. The highest BCUT2D eigenvalue weighted by Gasteiger charge is 2.41. The lowest BCUT2D eigenvalue weighted by Crippen LogP contribution is -2.30. The molecular formula is C26H26N2O2. The van der Waals surface area contributed by atoms with Crippen LogP contribution in [0.3, 0.4) is 0 Å². The number of aliphatic hydroxyl groups excluding tert-OH is 1. The lowest BCUT2D eigenvalue weighted by Gasteiger charge is -2.27. The van der Waals surface area contributed by atoms with Gasteiger partial charge in [-0.05, 0) is 41.7 Å². The second-order valence-corrected chi connectivity index (χ2v) is 8.11. The highest BCUT2D eigenvalue weighted by molar-refractivity contribution is 6.05. The number of nitrogens with zero attached hydrogens (tertiary/aromatic N) is 2.